The van der Waals surface area contributed by atoms with Gasteiger partial charge in [-0.1, -0.05) is 30.1 Å². The summed E-state index contributed by atoms with van der Waals surface area (Å²) in [6.07, 6.45) is 0.715. The van der Waals surface area contributed by atoms with Crippen molar-refractivity contribution >= 4 is 40.4 Å². The van der Waals surface area contributed by atoms with Gasteiger partial charge in [-0.05, 0) is 18.6 Å². The first-order valence-corrected chi connectivity index (χ1v) is 6.42. The summed E-state index contributed by atoms with van der Waals surface area (Å²) < 4.78 is 14.7. The molecule has 0 atom stereocenters. The molecule has 1 heterocycles. The molecule has 1 aromatic heterocycles. The summed E-state index contributed by atoms with van der Waals surface area (Å²) >= 11 is 11.9. The van der Waals surface area contributed by atoms with Crippen molar-refractivity contribution in [2.75, 3.05) is 11.1 Å². The molecule has 102 valence electrons. The summed E-state index contributed by atoms with van der Waals surface area (Å²) in [5, 5.41) is 7.64. The lowest BCUT2D eigenvalue weighted by Gasteiger charge is -2.11. The van der Waals surface area contributed by atoms with Gasteiger partial charge in [-0.25, -0.2) is 4.39 Å². The van der Waals surface area contributed by atoms with Crippen molar-refractivity contribution in [3.8, 4) is 0 Å². The molecule has 2 aromatic rings. The number of hydrogen-bond acceptors (Lipinski definition) is 3. The van der Waals surface area contributed by atoms with Gasteiger partial charge in [0.15, 0.2) is 5.82 Å². The normalized spacial score (nSPS) is 10.8. The Bertz CT molecular complexity index is 601. The molecule has 0 aliphatic carbocycles. The third-order valence-corrected chi connectivity index (χ3v) is 3.34. The highest BCUT2D eigenvalue weighted by Gasteiger charge is 2.15. The standard InChI is InChI=1S/C12H13Cl2FN4/c1-3-9-10(16)12(19(2)18-9)17-11-7(13)4-6(15)5-8(11)14/h4-5,17H,3,16H2,1-2H3. The highest BCUT2D eigenvalue weighted by atomic mass is 35.5. The van der Waals surface area contributed by atoms with Crippen LogP contribution in [-0.4, -0.2) is 9.78 Å². The van der Waals surface area contributed by atoms with Crippen molar-refractivity contribution in [2.24, 2.45) is 7.05 Å². The molecule has 0 fully saturated rings. The minimum Gasteiger partial charge on any atom is -0.394 e. The van der Waals surface area contributed by atoms with E-state index in [1.54, 1.807) is 11.7 Å². The fourth-order valence-electron chi connectivity index (χ4n) is 1.79. The zero-order chi connectivity index (χ0) is 14.2. The van der Waals surface area contributed by atoms with Gasteiger partial charge >= 0.3 is 0 Å². The Morgan fingerprint density at radius 3 is 2.42 bits per heavy atom. The molecule has 0 saturated heterocycles. The van der Waals surface area contributed by atoms with E-state index in [2.05, 4.69) is 10.4 Å². The van der Waals surface area contributed by atoms with Crippen LogP contribution in [0.1, 0.15) is 12.6 Å². The average molecular weight is 303 g/mol. The van der Waals surface area contributed by atoms with Crippen molar-refractivity contribution in [2.45, 2.75) is 13.3 Å². The second-order valence-corrected chi connectivity index (χ2v) is 4.87. The molecule has 4 nitrogen and oxygen atoms in total. The number of nitrogen functional groups attached to an aromatic ring is 1. The van der Waals surface area contributed by atoms with Gasteiger partial charge in [0, 0.05) is 7.05 Å². The Morgan fingerprint density at radius 1 is 1.37 bits per heavy atom. The average Bonchev–Trinajstić information content (AvgIpc) is 2.59. The van der Waals surface area contributed by atoms with Crippen molar-refractivity contribution in [3.63, 3.8) is 0 Å². The van der Waals surface area contributed by atoms with Crippen LogP contribution in [0.3, 0.4) is 0 Å². The number of benzene rings is 1. The van der Waals surface area contributed by atoms with Crippen molar-refractivity contribution in [1.82, 2.24) is 9.78 Å². The fraction of sp³-hybridized carbons (Fsp3) is 0.250. The number of nitrogens with zero attached hydrogens (tertiary/aromatic N) is 2. The quantitative estimate of drug-likeness (QED) is 0.908. The molecule has 19 heavy (non-hydrogen) atoms. The van der Waals surface area contributed by atoms with Crippen LogP contribution < -0.4 is 11.1 Å². The van der Waals surface area contributed by atoms with Crippen LogP contribution in [0.15, 0.2) is 12.1 Å². The van der Waals surface area contributed by atoms with E-state index in [1.807, 2.05) is 6.92 Å². The molecule has 3 N–H and O–H groups in total. The molecular weight excluding hydrogens is 290 g/mol. The molecule has 0 saturated carbocycles. The molecule has 0 aliphatic rings. The zero-order valence-corrected chi connectivity index (χ0v) is 12.0. The smallest absolute Gasteiger partial charge is 0.152 e. The van der Waals surface area contributed by atoms with Crippen LogP contribution in [0.5, 0.6) is 0 Å². The summed E-state index contributed by atoms with van der Waals surface area (Å²) in [7, 11) is 1.75. The van der Waals surface area contributed by atoms with Crippen LogP contribution in [0.2, 0.25) is 10.0 Å². The molecule has 0 radical (unpaired) electrons. The van der Waals surface area contributed by atoms with Gasteiger partial charge in [-0.15, -0.1) is 0 Å². The van der Waals surface area contributed by atoms with E-state index in [0.29, 0.717) is 23.6 Å². The van der Waals surface area contributed by atoms with Gasteiger partial charge in [0.1, 0.15) is 5.82 Å². The van der Waals surface area contributed by atoms with Gasteiger partial charge < -0.3 is 11.1 Å². The number of aryl methyl sites for hydroxylation is 2. The highest BCUT2D eigenvalue weighted by molar-refractivity contribution is 6.39. The van der Waals surface area contributed by atoms with Crippen LogP contribution in [0.25, 0.3) is 0 Å². The molecule has 0 unspecified atom stereocenters. The number of nitrogens with two attached hydrogens (primary N) is 1. The predicted octanol–water partition coefficient (Wildman–Crippen LogP) is 3.75. The maximum absolute atomic E-state index is 13.1. The Labute approximate surface area is 120 Å². The fourth-order valence-corrected chi connectivity index (χ4v) is 2.34. The summed E-state index contributed by atoms with van der Waals surface area (Å²) in [6.45, 7) is 1.96. The Hall–Kier alpha value is -1.46. The summed E-state index contributed by atoms with van der Waals surface area (Å²) in [5.41, 5.74) is 7.70. The molecule has 0 amide bonds. The maximum Gasteiger partial charge on any atom is 0.152 e. The first-order valence-electron chi connectivity index (χ1n) is 5.67. The van der Waals surface area contributed by atoms with E-state index in [4.69, 9.17) is 28.9 Å². The van der Waals surface area contributed by atoms with Gasteiger partial charge in [0.2, 0.25) is 0 Å². The molecule has 7 heteroatoms. The lowest BCUT2D eigenvalue weighted by Crippen LogP contribution is -2.02. The number of anilines is 3. The molecule has 0 aliphatic heterocycles. The third-order valence-electron chi connectivity index (χ3n) is 2.75. The van der Waals surface area contributed by atoms with Crippen LogP contribution >= 0.6 is 23.2 Å². The predicted molar refractivity (Wildman–Crippen MR) is 76.7 cm³/mol. The Morgan fingerprint density at radius 2 is 1.95 bits per heavy atom. The van der Waals surface area contributed by atoms with Gasteiger partial charge in [-0.2, -0.15) is 5.10 Å². The van der Waals surface area contributed by atoms with E-state index in [0.717, 1.165) is 5.69 Å². The van der Waals surface area contributed by atoms with E-state index in [9.17, 15) is 4.39 Å². The van der Waals surface area contributed by atoms with Crippen molar-refractivity contribution in [3.05, 3.63) is 33.7 Å². The van der Waals surface area contributed by atoms with Gasteiger partial charge in [-0.3, -0.25) is 4.68 Å². The maximum atomic E-state index is 13.1. The molecule has 0 bridgehead atoms. The molecular formula is C12H13Cl2FN4. The highest BCUT2D eigenvalue weighted by Crippen LogP contribution is 2.35. The molecule has 1 aromatic carbocycles. The lowest BCUT2D eigenvalue weighted by atomic mass is 10.2. The summed E-state index contributed by atoms with van der Waals surface area (Å²) in [4.78, 5) is 0. The number of halogens is 3. The minimum atomic E-state index is -0.493. The first-order chi connectivity index (χ1) is 8.93. The number of aromatic nitrogens is 2. The summed E-state index contributed by atoms with van der Waals surface area (Å²) in [6, 6.07) is 2.37. The SMILES string of the molecule is CCc1nn(C)c(Nc2c(Cl)cc(F)cc2Cl)c1N. The molecule has 0 spiro atoms. The van der Waals surface area contributed by atoms with Crippen molar-refractivity contribution in [1.29, 1.82) is 0 Å². The zero-order valence-electron chi connectivity index (χ0n) is 10.5. The number of nitrogens with one attached hydrogen (secondary N) is 1. The third kappa shape index (κ3) is 2.62. The Balaban J connectivity index is 2.45. The number of hydrogen-bond donors (Lipinski definition) is 2. The molecule has 2 rings (SSSR count). The topological polar surface area (TPSA) is 55.9 Å². The van der Waals surface area contributed by atoms with E-state index < -0.39 is 5.82 Å². The monoisotopic (exact) mass is 302 g/mol. The summed E-state index contributed by atoms with van der Waals surface area (Å²) in [5.74, 6) is 0.0834. The van der Waals surface area contributed by atoms with Crippen LogP contribution in [-0.2, 0) is 13.5 Å². The van der Waals surface area contributed by atoms with Crippen LogP contribution in [0.4, 0.5) is 21.6 Å². The van der Waals surface area contributed by atoms with E-state index in [-0.39, 0.29) is 10.0 Å². The second-order valence-electron chi connectivity index (χ2n) is 4.06. The largest absolute Gasteiger partial charge is 0.394 e. The van der Waals surface area contributed by atoms with E-state index >= 15 is 0 Å². The van der Waals surface area contributed by atoms with Crippen molar-refractivity contribution < 1.29 is 4.39 Å². The second kappa shape index (κ2) is 5.27. The van der Waals surface area contributed by atoms with Gasteiger partial charge in [0.25, 0.3) is 0 Å². The lowest BCUT2D eigenvalue weighted by molar-refractivity contribution is 0.628. The number of rotatable bonds is 3. The van der Waals surface area contributed by atoms with Gasteiger partial charge in [0.05, 0.1) is 27.1 Å². The first kappa shape index (κ1) is 14.0. The van der Waals surface area contributed by atoms with E-state index in [1.165, 1.54) is 12.1 Å². The minimum absolute atomic E-state index is 0.184. The van der Waals surface area contributed by atoms with Crippen LogP contribution in [0, 0.1) is 5.82 Å². The Kier molecular flexibility index (Phi) is 3.87.